The van der Waals surface area contributed by atoms with Gasteiger partial charge in [0.25, 0.3) is 5.56 Å². The summed E-state index contributed by atoms with van der Waals surface area (Å²) in [5, 5.41) is 7.46. The summed E-state index contributed by atoms with van der Waals surface area (Å²) >= 11 is 10.8. The Morgan fingerprint density at radius 1 is 1.40 bits per heavy atom. The molecule has 0 amide bonds. The highest BCUT2D eigenvalue weighted by Gasteiger charge is 2.14. The Morgan fingerprint density at radius 3 is 2.65 bits per heavy atom. The van der Waals surface area contributed by atoms with Crippen LogP contribution in [0, 0.1) is 0 Å². The standard InChI is InChI=1S/C13H15BrClN3OS/c1-7(2)18-13(19)12(14)9(6-16-18)17-8(3)10-4-5-11(15)20-10/h4-8,17H,1-3H3. The van der Waals surface area contributed by atoms with E-state index in [1.165, 1.54) is 16.0 Å². The molecule has 1 unspecified atom stereocenters. The maximum absolute atomic E-state index is 12.1. The molecule has 0 aliphatic heterocycles. The summed E-state index contributed by atoms with van der Waals surface area (Å²) in [7, 11) is 0. The number of rotatable bonds is 4. The lowest BCUT2D eigenvalue weighted by Gasteiger charge is -2.16. The lowest BCUT2D eigenvalue weighted by Crippen LogP contribution is -2.26. The molecule has 0 aliphatic rings. The number of thiophene rings is 1. The van der Waals surface area contributed by atoms with Crippen molar-refractivity contribution in [3.8, 4) is 0 Å². The number of nitrogens with zero attached hydrogens (tertiary/aromatic N) is 2. The summed E-state index contributed by atoms with van der Waals surface area (Å²) in [5.41, 5.74) is 0.547. The third kappa shape index (κ3) is 3.24. The molecule has 0 bridgehead atoms. The van der Waals surface area contributed by atoms with Gasteiger partial charge < -0.3 is 5.32 Å². The van der Waals surface area contributed by atoms with E-state index in [9.17, 15) is 4.79 Å². The van der Waals surface area contributed by atoms with Crippen molar-refractivity contribution in [2.75, 3.05) is 5.32 Å². The van der Waals surface area contributed by atoms with Gasteiger partial charge in [-0.1, -0.05) is 11.6 Å². The molecule has 0 radical (unpaired) electrons. The summed E-state index contributed by atoms with van der Waals surface area (Å²) in [5.74, 6) is 0. The van der Waals surface area contributed by atoms with Gasteiger partial charge in [0, 0.05) is 4.88 Å². The molecule has 0 saturated heterocycles. The van der Waals surface area contributed by atoms with Crippen LogP contribution in [0.3, 0.4) is 0 Å². The molecule has 20 heavy (non-hydrogen) atoms. The van der Waals surface area contributed by atoms with Gasteiger partial charge in [0.2, 0.25) is 0 Å². The molecule has 108 valence electrons. The van der Waals surface area contributed by atoms with Crippen LogP contribution < -0.4 is 10.9 Å². The van der Waals surface area contributed by atoms with E-state index < -0.39 is 0 Å². The number of nitrogens with one attached hydrogen (secondary N) is 1. The zero-order chi connectivity index (χ0) is 14.9. The molecule has 1 atom stereocenters. The van der Waals surface area contributed by atoms with Gasteiger partial charge in [0.15, 0.2) is 0 Å². The fourth-order valence-corrected chi connectivity index (χ4v) is 3.24. The first-order valence-electron chi connectivity index (χ1n) is 6.19. The van der Waals surface area contributed by atoms with E-state index in [0.717, 1.165) is 9.21 Å². The largest absolute Gasteiger partial charge is 0.375 e. The van der Waals surface area contributed by atoms with Gasteiger partial charge in [-0.2, -0.15) is 5.10 Å². The first-order chi connectivity index (χ1) is 9.40. The summed E-state index contributed by atoms with van der Waals surface area (Å²) in [6.07, 6.45) is 1.66. The molecule has 2 aromatic rings. The summed E-state index contributed by atoms with van der Waals surface area (Å²) < 4.78 is 2.69. The van der Waals surface area contributed by atoms with E-state index in [1.807, 2.05) is 32.9 Å². The first kappa shape index (κ1) is 15.5. The molecule has 0 spiro atoms. The maximum atomic E-state index is 12.1. The smallest absolute Gasteiger partial charge is 0.283 e. The molecule has 2 rings (SSSR count). The highest BCUT2D eigenvalue weighted by molar-refractivity contribution is 9.10. The van der Waals surface area contributed by atoms with Crippen molar-refractivity contribution in [2.45, 2.75) is 32.9 Å². The molecule has 2 aromatic heterocycles. The minimum absolute atomic E-state index is 0.0291. The van der Waals surface area contributed by atoms with E-state index in [1.54, 1.807) is 6.20 Å². The maximum Gasteiger partial charge on any atom is 0.283 e. The number of hydrogen-bond donors (Lipinski definition) is 1. The van der Waals surface area contributed by atoms with Gasteiger partial charge in [0.1, 0.15) is 4.47 Å². The van der Waals surface area contributed by atoms with Crippen molar-refractivity contribution in [3.05, 3.63) is 42.4 Å². The van der Waals surface area contributed by atoms with Crippen LogP contribution in [0.5, 0.6) is 0 Å². The fraction of sp³-hybridized carbons (Fsp3) is 0.385. The summed E-state index contributed by atoms with van der Waals surface area (Å²) in [4.78, 5) is 13.3. The first-order valence-corrected chi connectivity index (χ1v) is 8.18. The normalized spacial score (nSPS) is 12.7. The lowest BCUT2D eigenvalue weighted by atomic mass is 10.2. The topological polar surface area (TPSA) is 46.9 Å². The van der Waals surface area contributed by atoms with Crippen LogP contribution in [0.15, 0.2) is 27.6 Å². The van der Waals surface area contributed by atoms with Gasteiger partial charge in [-0.05, 0) is 48.8 Å². The van der Waals surface area contributed by atoms with E-state index >= 15 is 0 Å². The van der Waals surface area contributed by atoms with Gasteiger partial charge in [-0.15, -0.1) is 11.3 Å². The van der Waals surface area contributed by atoms with Crippen molar-refractivity contribution in [3.63, 3.8) is 0 Å². The summed E-state index contributed by atoms with van der Waals surface area (Å²) in [6, 6.07) is 3.92. The Balaban J connectivity index is 2.26. The van der Waals surface area contributed by atoms with Crippen LogP contribution in [-0.2, 0) is 0 Å². The highest BCUT2D eigenvalue weighted by Crippen LogP contribution is 2.30. The second kappa shape index (κ2) is 6.28. The van der Waals surface area contributed by atoms with Crippen molar-refractivity contribution in [1.82, 2.24) is 9.78 Å². The second-order valence-electron chi connectivity index (χ2n) is 4.72. The van der Waals surface area contributed by atoms with Gasteiger partial charge in [0.05, 0.1) is 28.3 Å². The lowest BCUT2D eigenvalue weighted by molar-refractivity contribution is 0.501. The Hall–Kier alpha value is -0.850. The third-order valence-corrected chi connectivity index (χ3v) is 5.01. The second-order valence-corrected chi connectivity index (χ2v) is 7.26. The fourth-order valence-electron chi connectivity index (χ4n) is 1.78. The SMILES string of the molecule is CC(Nc1cnn(C(C)C)c(=O)c1Br)c1ccc(Cl)s1. The van der Waals surface area contributed by atoms with Crippen LogP contribution in [-0.4, -0.2) is 9.78 Å². The van der Waals surface area contributed by atoms with Crippen molar-refractivity contribution >= 4 is 44.6 Å². The number of halogens is 2. The molecule has 2 heterocycles. The van der Waals surface area contributed by atoms with E-state index in [2.05, 4.69) is 26.3 Å². The quantitative estimate of drug-likeness (QED) is 0.856. The average Bonchev–Trinajstić information content (AvgIpc) is 2.81. The minimum Gasteiger partial charge on any atom is -0.375 e. The van der Waals surface area contributed by atoms with Crippen LogP contribution in [0.4, 0.5) is 5.69 Å². The van der Waals surface area contributed by atoms with Gasteiger partial charge in [-0.3, -0.25) is 4.79 Å². The van der Waals surface area contributed by atoms with Crippen molar-refractivity contribution in [2.24, 2.45) is 0 Å². The Bertz CT molecular complexity index is 668. The van der Waals surface area contributed by atoms with Crippen molar-refractivity contribution in [1.29, 1.82) is 0 Å². The predicted octanol–water partition coefficient (Wildman–Crippen LogP) is 4.47. The van der Waals surface area contributed by atoms with E-state index in [4.69, 9.17) is 11.6 Å². The van der Waals surface area contributed by atoms with Gasteiger partial charge in [-0.25, -0.2) is 4.68 Å². The molecular weight excluding hydrogens is 362 g/mol. The zero-order valence-corrected chi connectivity index (χ0v) is 14.5. The molecule has 0 aromatic carbocycles. The highest BCUT2D eigenvalue weighted by atomic mass is 79.9. The van der Waals surface area contributed by atoms with Crippen LogP contribution >= 0.6 is 38.9 Å². The third-order valence-electron chi connectivity index (χ3n) is 2.83. The van der Waals surface area contributed by atoms with E-state index in [-0.39, 0.29) is 17.6 Å². The predicted molar refractivity (Wildman–Crippen MR) is 87.9 cm³/mol. The van der Waals surface area contributed by atoms with Crippen LogP contribution in [0.2, 0.25) is 4.34 Å². The Morgan fingerprint density at radius 2 is 2.10 bits per heavy atom. The minimum atomic E-state index is -0.138. The van der Waals surface area contributed by atoms with Crippen LogP contribution in [0.25, 0.3) is 0 Å². The molecule has 0 saturated carbocycles. The van der Waals surface area contributed by atoms with E-state index in [0.29, 0.717) is 10.2 Å². The molecule has 4 nitrogen and oxygen atoms in total. The summed E-state index contributed by atoms with van der Waals surface area (Å²) in [6.45, 7) is 5.86. The average molecular weight is 377 g/mol. The Kier molecular flexibility index (Phi) is 4.88. The monoisotopic (exact) mass is 375 g/mol. The van der Waals surface area contributed by atoms with Crippen LogP contribution in [0.1, 0.15) is 37.7 Å². The number of hydrogen-bond acceptors (Lipinski definition) is 4. The number of anilines is 1. The zero-order valence-electron chi connectivity index (χ0n) is 11.4. The van der Waals surface area contributed by atoms with Crippen molar-refractivity contribution < 1.29 is 0 Å². The Labute approximate surface area is 134 Å². The molecule has 7 heteroatoms. The molecular formula is C13H15BrClN3OS. The number of aromatic nitrogens is 2. The molecule has 0 fully saturated rings. The molecule has 0 aliphatic carbocycles. The molecule has 1 N–H and O–H groups in total. The van der Waals surface area contributed by atoms with Gasteiger partial charge >= 0.3 is 0 Å².